The van der Waals surface area contributed by atoms with Crippen LogP contribution in [0.25, 0.3) is 11.0 Å². The molecule has 0 saturated heterocycles. The van der Waals surface area contributed by atoms with Crippen molar-refractivity contribution >= 4 is 38.7 Å². The van der Waals surface area contributed by atoms with Gasteiger partial charge in [-0.25, -0.2) is 18.5 Å². The summed E-state index contributed by atoms with van der Waals surface area (Å²) in [5.41, 5.74) is 2.24. The van der Waals surface area contributed by atoms with Crippen LogP contribution in [-0.4, -0.2) is 42.9 Å². The third kappa shape index (κ3) is 4.63. The van der Waals surface area contributed by atoms with Crippen LogP contribution in [-0.2, 0) is 21.4 Å². The molecule has 0 fully saturated rings. The molecule has 2 aromatic carbocycles. The first-order valence-corrected chi connectivity index (χ1v) is 11.6. The number of thioether (sulfide) groups is 1. The Labute approximate surface area is 175 Å². The number of hydrogen-bond acceptors (Lipinski definition) is 5. The molecule has 1 heterocycles. The number of benzene rings is 2. The van der Waals surface area contributed by atoms with Gasteiger partial charge in [0.1, 0.15) is 5.25 Å². The van der Waals surface area contributed by atoms with Gasteiger partial charge < -0.3 is 9.47 Å². The lowest BCUT2D eigenvalue weighted by Gasteiger charge is -2.20. The number of hydrogen-bond donors (Lipinski definition) is 1. The van der Waals surface area contributed by atoms with E-state index in [9.17, 15) is 13.2 Å². The summed E-state index contributed by atoms with van der Waals surface area (Å²) >= 11 is 1.36. The van der Waals surface area contributed by atoms with Gasteiger partial charge >= 0.3 is 0 Å². The van der Waals surface area contributed by atoms with E-state index in [-0.39, 0.29) is 10.8 Å². The van der Waals surface area contributed by atoms with Gasteiger partial charge in [-0.05, 0) is 30.2 Å². The molecule has 154 valence electrons. The number of carbonyl (C=O) groups is 1. The van der Waals surface area contributed by atoms with E-state index in [0.29, 0.717) is 17.2 Å². The van der Waals surface area contributed by atoms with Crippen molar-refractivity contribution in [2.45, 2.75) is 35.2 Å². The number of nitrogens with two attached hydrogens (primary N) is 1. The maximum Gasteiger partial charge on any atom is 0.240 e. The monoisotopic (exact) mass is 432 g/mol. The Balaban J connectivity index is 2.10. The minimum absolute atomic E-state index is 0.0201. The van der Waals surface area contributed by atoms with Gasteiger partial charge in [-0.15, -0.1) is 0 Å². The van der Waals surface area contributed by atoms with E-state index in [1.807, 2.05) is 34.9 Å². The molecule has 1 aromatic heterocycles. The Kier molecular flexibility index (Phi) is 6.30. The van der Waals surface area contributed by atoms with Crippen molar-refractivity contribution in [3.05, 3.63) is 54.1 Å². The highest BCUT2D eigenvalue weighted by Gasteiger charge is 2.26. The maximum absolute atomic E-state index is 12.9. The molecule has 0 radical (unpaired) electrons. The normalized spacial score (nSPS) is 12.8. The minimum Gasteiger partial charge on any atom is -0.348 e. The molecule has 2 N–H and O–H groups in total. The van der Waals surface area contributed by atoms with E-state index in [1.54, 1.807) is 25.1 Å². The first kappa shape index (κ1) is 21.4. The molecule has 3 aromatic rings. The van der Waals surface area contributed by atoms with Crippen LogP contribution in [0, 0.1) is 0 Å². The number of aryl methyl sites for hydroxylation is 1. The van der Waals surface area contributed by atoms with Crippen molar-refractivity contribution in [3.63, 3.8) is 0 Å². The summed E-state index contributed by atoms with van der Waals surface area (Å²) in [7, 11) is -0.361. The van der Waals surface area contributed by atoms with Crippen molar-refractivity contribution in [2.75, 3.05) is 14.1 Å². The van der Waals surface area contributed by atoms with Crippen LogP contribution in [0.1, 0.15) is 24.2 Å². The zero-order valence-corrected chi connectivity index (χ0v) is 18.2. The van der Waals surface area contributed by atoms with Gasteiger partial charge in [-0.1, -0.05) is 49.0 Å². The molecule has 7 nitrogen and oxygen atoms in total. The first-order valence-electron chi connectivity index (χ1n) is 9.18. The topological polar surface area (TPSA) is 98.3 Å². The Bertz CT molecular complexity index is 1130. The van der Waals surface area contributed by atoms with Crippen LogP contribution in [0.2, 0.25) is 0 Å². The molecular formula is C20H24N4O3S2. The molecular weight excluding hydrogens is 408 g/mol. The maximum atomic E-state index is 12.9. The molecule has 0 spiro atoms. The molecule has 0 saturated carbocycles. The van der Waals surface area contributed by atoms with Gasteiger partial charge in [-0.2, -0.15) is 0 Å². The van der Waals surface area contributed by atoms with Gasteiger partial charge in [0, 0.05) is 20.6 Å². The standard InChI is InChI=1S/C20H24N4O3S2/c1-4-12-24-17-11-10-15(29(21,26)27)13-16(17)22-20(24)28-18(19(25)23(2)3)14-8-6-5-7-9-14/h5-11,13,18H,4,12H2,1-3H3,(H2,21,26,27). The molecule has 0 bridgehead atoms. The van der Waals surface area contributed by atoms with E-state index in [1.165, 1.54) is 23.9 Å². The van der Waals surface area contributed by atoms with Gasteiger partial charge in [-0.3, -0.25) is 4.79 Å². The Morgan fingerprint density at radius 3 is 2.48 bits per heavy atom. The summed E-state index contributed by atoms with van der Waals surface area (Å²) in [5, 5.41) is 5.47. The number of aromatic nitrogens is 2. The molecule has 0 aliphatic heterocycles. The number of amides is 1. The largest absolute Gasteiger partial charge is 0.348 e. The van der Waals surface area contributed by atoms with Crippen molar-refractivity contribution in [1.82, 2.24) is 14.5 Å². The zero-order chi connectivity index (χ0) is 21.2. The van der Waals surface area contributed by atoms with Gasteiger partial charge in [0.2, 0.25) is 15.9 Å². The molecule has 0 aliphatic carbocycles. The Hall–Kier alpha value is -2.36. The second-order valence-corrected chi connectivity index (χ2v) is 9.52. The summed E-state index contributed by atoms with van der Waals surface area (Å²) in [6, 6.07) is 14.2. The van der Waals surface area contributed by atoms with Gasteiger partial charge in [0.05, 0.1) is 15.9 Å². The van der Waals surface area contributed by atoms with E-state index in [2.05, 4.69) is 11.9 Å². The highest BCUT2D eigenvalue weighted by Crippen LogP contribution is 2.37. The lowest BCUT2D eigenvalue weighted by molar-refractivity contribution is -0.128. The summed E-state index contributed by atoms with van der Waals surface area (Å²) in [6.45, 7) is 2.75. The number of carbonyl (C=O) groups excluding carboxylic acids is 1. The van der Waals surface area contributed by atoms with E-state index in [0.717, 1.165) is 17.5 Å². The number of primary sulfonamides is 1. The molecule has 9 heteroatoms. The zero-order valence-electron chi connectivity index (χ0n) is 16.6. The number of fused-ring (bicyclic) bond motifs is 1. The van der Waals surface area contributed by atoms with Crippen LogP contribution in [0.5, 0.6) is 0 Å². The summed E-state index contributed by atoms with van der Waals surface area (Å²) in [5.74, 6) is -0.0403. The quantitative estimate of drug-likeness (QED) is 0.579. The molecule has 3 rings (SSSR count). The highest BCUT2D eigenvalue weighted by atomic mass is 32.2. The van der Waals surface area contributed by atoms with Crippen LogP contribution in [0.3, 0.4) is 0 Å². The highest BCUT2D eigenvalue weighted by molar-refractivity contribution is 8.00. The van der Waals surface area contributed by atoms with Crippen molar-refractivity contribution in [3.8, 4) is 0 Å². The number of sulfonamides is 1. The van der Waals surface area contributed by atoms with Crippen LogP contribution in [0.15, 0.2) is 58.6 Å². The predicted molar refractivity (Wildman–Crippen MR) is 115 cm³/mol. The van der Waals surface area contributed by atoms with E-state index >= 15 is 0 Å². The first-order chi connectivity index (χ1) is 13.7. The SMILES string of the molecule is CCCn1c(SC(C(=O)N(C)C)c2ccccc2)nc2cc(S(N)(=O)=O)ccc21. The fourth-order valence-corrected chi connectivity index (χ4v) is 4.84. The minimum atomic E-state index is -3.82. The Morgan fingerprint density at radius 1 is 1.21 bits per heavy atom. The average Bonchev–Trinajstić information content (AvgIpc) is 3.02. The van der Waals surface area contributed by atoms with Gasteiger partial charge in [0.15, 0.2) is 5.16 Å². The van der Waals surface area contributed by atoms with Crippen LogP contribution < -0.4 is 5.14 Å². The number of nitrogens with zero attached hydrogens (tertiary/aromatic N) is 3. The fraction of sp³-hybridized carbons (Fsp3) is 0.300. The third-order valence-corrected chi connectivity index (χ3v) is 6.59. The third-order valence-electron chi connectivity index (χ3n) is 4.45. The predicted octanol–water partition coefficient (Wildman–Crippen LogP) is 3.02. The van der Waals surface area contributed by atoms with Crippen LogP contribution in [0.4, 0.5) is 0 Å². The Morgan fingerprint density at radius 2 is 1.90 bits per heavy atom. The summed E-state index contributed by atoms with van der Waals surface area (Å²) in [6.07, 6.45) is 0.869. The van der Waals surface area contributed by atoms with Gasteiger partial charge in [0.25, 0.3) is 0 Å². The smallest absolute Gasteiger partial charge is 0.240 e. The van der Waals surface area contributed by atoms with E-state index < -0.39 is 15.3 Å². The lowest BCUT2D eigenvalue weighted by Crippen LogP contribution is -2.27. The summed E-state index contributed by atoms with van der Waals surface area (Å²) < 4.78 is 25.4. The van der Waals surface area contributed by atoms with Crippen molar-refractivity contribution in [1.29, 1.82) is 0 Å². The molecule has 29 heavy (non-hydrogen) atoms. The number of imidazole rings is 1. The number of likely N-dealkylation sites (N-methyl/N-ethyl adjacent to an activating group) is 1. The second kappa shape index (κ2) is 8.56. The average molecular weight is 433 g/mol. The number of rotatable bonds is 7. The lowest BCUT2D eigenvalue weighted by atomic mass is 10.1. The molecule has 1 atom stereocenters. The van der Waals surface area contributed by atoms with E-state index in [4.69, 9.17) is 5.14 Å². The van der Waals surface area contributed by atoms with Crippen LogP contribution >= 0.6 is 11.8 Å². The molecule has 0 aliphatic rings. The second-order valence-electron chi connectivity index (χ2n) is 6.88. The molecule has 1 amide bonds. The fourth-order valence-electron chi connectivity index (χ4n) is 3.02. The summed E-state index contributed by atoms with van der Waals surface area (Å²) in [4.78, 5) is 19.1. The molecule has 1 unspecified atom stereocenters. The van der Waals surface area contributed by atoms with Crippen molar-refractivity contribution in [2.24, 2.45) is 5.14 Å². The van der Waals surface area contributed by atoms with Crippen molar-refractivity contribution < 1.29 is 13.2 Å².